The Kier molecular flexibility index (Phi) is 7.20. The fourth-order valence-electron chi connectivity index (χ4n) is 7.92. The summed E-state index contributed by atoms with van der Waals surface area (Å²) < 4.78 is 11.1. The Hall–Kier alpha value is -5.79. The van der Waals surface area contributed by atoms with Crippen LogP contribution in [0.2, 0.25) is 0 Å². The number of unbranched alkanes of at least 4 members (excludes halogenated alkanes) is 5. The SMILES string of the molecule is CCCCCCCCc1ccc2c(c1)c1ccccc1n2-c1ccc2oc3ccc(-n4c5ccccc5c5cc(C#N)ccc54)cc3c2c1. The summed E-state index contributed by atoms with van der Waals surface area (Å²) in [5, 5.41) is 16.6. The molecule has 0 aliphatic rings. The number of hydrogen-bond donors (Lipinski definition) is 0. The topological polar surface area (TPSA) is 46.8 Å². The third-order valence-electron chi connectivity index (χ3n) is 10.3. The van der Waals surface area contributed by atoms with Gasteiger partial charge in [-0.1, -0.05) is 81.5 Å². The largest absolute Gasteiger partial charge is 0.456 e. The van der Waals surface area contributed by atoms with Gasteiger partial charge in [-0.05, 0) is 97.3 Å². The van der Waals surface area contributed by atoms with Crippen molar-refractivity contribution in [1.29, 1.82) is 5.26 Å². The standard InChI is InChI=1S/C45H37N3O/c1-2-3-4-5-6-7-12-30-17-21-42-36(25-30)34-13-8-10-15-40(34)47(42)32-19-23-44-38(27-32)39-28-33(20-24-45(39)49-44)48-41-16-11-9-14-35(41)37-26-31(29-46)18-22-43(37)48/h8-11,13-28H,2-7,12H2,1H3. The second kappa shape index (κ2) is 12.0. The van der Waals surface area contributed by atoms with Gasteiger partial charge in [0.15, 0.2) is 0 Å². The highest BCUT2D eigenvalue weighted by atomic mass is 16.3. The second-order valence-electron chi connectivity index (χ2n) is 13.4. The highest BCUT2D eigenvalue weighted by Crippen LogP contribution is 2.38. The lowest BCUT2D eigenvalue weighted by molar-refractivity contribution is 0.607. The van der Waals surface area contributed by atoms with E-state index in [1.807, 2.05) is 12.1 Å². The van der Waals surface area contributed by atoms with Crippen LogP contribution in [0.4, 0.5) is 0 Å². The van der Waals surface area contributed by atoms with Crippen LogP contribution in [-0.4, -0.2) is 9.13 Å². The van der Waals surface area contributed by atoms with Gasteiger partial charge in [-0.3, -0.25) is 0 Å². The van der Waals surface area contributed by atoms with Crippen molar-refractivity contribution in [3.8, 4) is 17.4 Å². The van der Waals surface area contributed by atoms with E-state index < -0.39 is 0 Å². The summed E-state index contributed by atoms with van der Waals surface area (Å²) in [4.78, 5) is 0. The average Bonchev–Trinajstić information content (AvgIpc) is 3.79. The highest BCUT2D eigenvalue weighted by molar-refractivity contribution is 6.12. The number of furan rings is 1. The number of aryl methyl sites for hydroxylation is 1. The van der Waals surface area contributed by atoms with E-state index in [9.17, 15) is 5.26 Å². The minimum Gasteiger partial charge on any atom is -0.456 e. The van der Waals surface area contributed by atoms with Crippen LogP contribution in [0.3, 0.4) is 0 Å². The molecule has 0 saturated carbocycles. The van der Waals surface area contributed by atoms with E-state index >= 15 is 0 Å². The first kappa shape index (κ1) is 29.4. The third-order valence-corrected chi connectivity index (χ3v) is 10.3. The van der Waals surface area contributed by atoms with Crippen LogP contribution < -0.4 is 0 Å². The number of nitrogens with zero attached hydrogens (tertiary/aromatic N) is 3. The zero-order valence-corrected chi connectivity index (χ0v) is 27.7. The van der Waals surface area contributed by atoms with Crippen LogP contribution in [0.25, 0.3) is 76.9 Å². The molecule has 0 saturated heterocycles. The lowest BCUT2D eigenvalue weighted by atomic mass is 10.0. The van der Waals surface area contributed by atoms with Gasteiger partial charge in [0.25, 0.3) is 0 Å². The maximum Gasteiger partial charge on any atom is 0.135 e. The van der Waals surface area contributed by atoms with Crippen LogP contribution in [-0.2, 0) is 6.42 Å². The molecule has 0 amide bonds. The molecule has 238 valence electrons. The van der Waals surface area contributed by atoms with Gasteiger partial charge in [-0.25, -0.2) is 0 Å². The van der Waals surface area contributed by atoms with Gasteiger partial charge in [-0.2, -0.15) is 5.26 Å². The summed E-state index contributed by atoms with van der Waals surface area (Å²) in [6.45, 7) is 2.28. The molecule has 3 aromatic heterocycles. The summed E-state index contributed by atoms with van der Waals surface area (Å²) >= 11 is 0. The Labute approximate surface area is 285 Å². The molecule has 9 rings (SSSR count). The Morgan fingerprint density at radius 1 is 0.510 bits per heavy atom. The molecule has 4 heteroatoms. The first-order valence-corrected chi connectivity index (χ1v) is 17.6. The van der Waals surface area contributed by atoms with Gasteiger partial charge in [0.05, 0.1) is 33.7 Å². The molecule has 0 atom stereocenters. The van der Waals surface area contributed by atoms with Crippen molar-refractivity contribution >= 4 is 65.6 Å². The Balaban J connectivity index is 1.16. The predicted octanol–water partition coefficient (Wildman–Crippen LogP) is 12.6. The maximum absolute atomic E-state index is 9.60. The maximum atomic E-state index is 9.60. The molecular weight excluding hydrogens is 599 g/mol. The van der Waals surface area contributed by atoms with Crippen molar-refractivity contribution in [2.75, 3.05) is 0 Å². The molecule has 0 N–H and O–H groups in total. The molecule has 0 radical (unpaired) electrons. The fourth-order valence-corrected chi connectivity index (χ4v) is 7.92. The Bertz CT molecular complexity index is 2730. The molecule has 3 heterocycles. The van der Waals surface area contributed by atoms with E-state index in [1.165, 1.54) is 65.9 Å². The van der Waals surface area contributed by atoms with Gasteiger partial charge in [-0.15, -0.1) is 0 Å². The first-order chi connectivity index (χ1) is 24.2. The summed E-state index contributed by atoms with van der Waals surface area (Å²) in [5.74, 6) is 0. The summed E-state index contributed by atoms with van der Waals surface area (Å²) in [7, 11) is 0. The molecule has 0 aliphatic carbocycles. The number of rotatable bonds is 9. The lowest BCUT2D eigenvalue weighted by Crippen LogP contribution is -1.94. The molecule has 6 aromatic carbocycles. The Morgan fingerprint density at radius 2 is 1.06 bits per heavy atom. The van der Waals surface area contributed by atoms with E-state index in [1.54, 1.807) is 0 Å². The molecular formula is C45H37N3O. The molecule has 0 bridgehead atoms. The Morgan fingerprint density at radius 3 is 1.69 bits per heavy atom. The van der Waals surface area contributed by atoms with Crippen molar-refractivity contribution < 1.29 is 4.42 Å². The van der Waals surface area contributed by atoms with Crippen LogP contribution in [0, 0.1) is 11.3 Å². The minimum absolute atomic E-state index is 0.665. The molecule has 0 unspecified atom stereocenters. The molecule has 0 aliphatic heterocycles. The van der Waals surface area contributed by atoms with Crippen molar-refractivity contribution in [3.05, 3.63) is 132 Å². The number of aromatic nitrogens is 2. The highest BCUT2D eigenvalue weighted by Gasteiger charge is 2.17. The van der Waals surface area contributed by atoms with Crippen molar-refractivity contribution in [2.45, 2.75) is 51.9 Å². The fraction of sp³-hybridized carbons (Fsp3) is 0.178. The lowest BCUT2D eigenvalue weighted by Gasteiger charge is -2.09. The van der Waals surface area contributed by atoms with E-state index in [0.29, 0.717) is 5.56 Å². The van der Waals surface area contributed by atoms with Crippen molar-refractivity contribution in [2.24, 2.45) is 0 Å². The monoisotopic (exact) mass is 635 g/mol. The van der Waals surface area contributed by atoms with Gasteiger partial charge < -0.3 is 13.6 Å². The zero-order chi connectivity index (χ0) is 32.9. The van der Waals surface area contributed by atoms with E-state index in [-0.39, 0.29) is 0 Å². The van der Waals surface area contributed by atoms with E-state index in [4.69, 9.17) is 4.42 Å². The molecule has 9 aromatic rings. The van der Waals surface area contributed by atoms with Crippen LogP contribution in [0.5, 0.6) is 0 Å². The normalized spacial score (nSPS) is 11.9. The number of benzene rings is 6. The predicted molar refractivity (Wildman–Crippen MR) is 204 cm³/mol. The quantitative estimate of drug-likeness (QED) is 0.148. The molecule has 0 spiro atoms. The van der Waals surface area contributed by atoms with Gasteiger partial charge in [0.1, 0.15) is 11.2 Å². The second-order valence-corrected chi connectivity index (χ2v) is 13.4. The van der Waals surface area contributed by atoms with Crippen LogP contribution in [0.1, 0.15) is 56.6 Å². The first-order valence-electron chi connectivity index (χ1n) is 17.6. The third kappa shape index (κ3) is 4.88. The van der Waals surface area contributed by atoms with Crippen LogP contribution in [0.15, 0.2) is 126 Å². The van der Waals surface area contributed by atoms with Crippen molar-refractivity contribution in [3.63, 3.8) is 0 Å². The van der Waals surface area contributed by atoms with Crippen LogP contribution >= 0.6 is 0 Å². The number of fused-ring (bicyclic) bond motifs is 9. The minimum atomic E-state index is 0.665. The average molecular weight is 636 g/mol. The number of hydrogen-bond acceptors (Lipinski definition) is 2. The number of nitriles is 1. The molecule has 49 heavy (non-hydrogen) atoms. The number of para-hydroxylation sites is 2. The summed E-state index contributed by atoms with van der Waals surface area (Å²) in [5.41, 5.74) is 10.6. The van der Waals surface area contributed by atoms with Gasteiger partial charge in [0.2, 0.25) is 0 Å². The van der Waals surface area contributed by atoms with E-state index in [0.717, 1.165) is 61.5 Å². The smallest absolute Gasteiger partial charge is 0.135 e. The van der Waals surface area contributed by atoms with Gasteiger partial charge >= 0.3 is 0 Å². The summed E-state index contributed by atoms with van der Waals surface area (Å²) in [6, 6.07) is 45.6. The zero-order valence-electron chi connectivity index (χ0n) is 27.7. The van der Waals surface area contributed by atoms with E-state index in [2.05, 4.69) is 131 Å². The van der Waals surface area contributed by atoms with Crippen molar-refractivity contribution in [1.82, 2.24) is 9.13 Å². The summed E-state index contributed by atoms with van der Waals surface area (Å²) in [6.07, 6.45) is 9.00. The molecule has 4 nitrogen and oxygen atoms in total. The molecule has 0 fully saturated rings. The van der Waals surface area contributed by atoms with Gasteiger partial charge in [0, 0.05) is 43.7 Å².